The van der Waals surface area contributed by atoms with E-state index in [0.29, 0.717) is 6.54 Å². The zero-order valence-electron chi connectivity index (χ0n) is 5.40. The van der Waals surface area contributed by atoms with E-state index < -0.39 is 5.97 Å². The average molecular weight is 140 g/mol. The molecule has 0 saturated carbocycles. The van der Waals surface area contributed by atoms with E-state index in [-0.39, 0.29) is 6.54 Å². The van der Waals surface area contributed by atoms with Gasteiger partial charge in [-0.1, -0.05) is 6.08 Å². The summed E-state index contributed by atoms with van der Waals surface area (Å²) in [5, 5.41) is 13.6. The maximum Gasteiger partial charge on any atom is 0.324 e. The lowest BCUT2D eigenvalue weighted by Crippen LogP contribution is -2.26. The van der Waals surface area contributed by atoms with E-state index in [4.69, 9.17) is 5.11 Å². The summed E-state index contributed by atoms with van der Waals surface area (Å²) in [7, 11) is 0. The Morgan fingerprint density at radius 3 is 3.10 bits per heavy atom. The van der Waals surface area contributed by atoms with Gasteiger partial charge in [-0.2, -0.15) is 5.10 Å². The number of allylic oxidation sites excluding steroid dienone is 1. The molecule has 0 aromatic rings. The van der Waals surface area contributed by atoms with Crippen LogP contribution in [0.4, 0.5) is 0 Å². The first kappa shape index (κ1) is 6.80. The fourth-order valence-electron chi connectivity index (χ4n) is 0.685. The molecule has 0 aromatic heterocycles. The maximum absolute atomic E-state index is 10.1. The third kappa shape index (κ3) is 1.89. The van der Waals surface area contributed by atoms with Crippen molar-refractivity contribution in [3.63, 3.8) is 0 Å². The standard InChI is InChI=1S/C6H8N2O2/c9-6(10)5-8-4-2-1-3-7-8/h1-3H,4-5H2,(H,9,10). The van der Waals surface area contributed by atoms with Crippen LogP contribution in [0.5, 0.6) is 0 Å². The molecule has 0 bridgehead atoms. The molecule has 4 nitrogen and oxygen atoms in total. The van der Waals surface area contributed by atoms with Gasteiger partial charge >= 0.3 is 5.97 Å². The Morgan fingerprint density at radius 1 is 1.80 bits per heavy atom. The topological polar surface area (TPSA) is 52.9 Å². The van der Waals surface area contributed by atoms with Crippen LogP contribution >= 0.6 is 0 Å². The van der Waals surface area contributed by atoms with Gasteiger partial charge in [0.05, 0.1) is 6.54 Å². The van der Waals surface area contributed by atoms with Gasteiger partial charge in [0.2, 0.25) is 0 Å². The Bertz CT molecular complexity index is 186. The Kier molecular flexibility index (Phi) is 2.04. The van der Waals surface area contributed by atoms with Crippen molar-refractivity contribution in [2.75, 3.05) is 13.1 Å². The van der Waals surface area contributed by atoms with Gasteiger partial charge in [-0.3, -0.25) is 9.80 Å². The molecule has 0 atom stereocenters. The number of carboxylic acid groups (broad SMARTS) is 1. The summed E-state index contributed by atoms with van der Waals surface area (Å²) in [6.45, 7) is 0.559. The molecule has 0 saturated heterocycles. The van der Waals surface area contributed by atoms with Gasteiger partial charge in [0.1, 0.15) is 6.54 Å². The maximum atomic E-state index is 10.1. The summed E-state index contributed by atoms with van der Waals surface area (Å²) in [5.41, 5.74) is 0. The highest BCUT2D eigenvalue weighted by molar-refractivity contribution is 5.73. The summed E-state index contributed by atoms with van der Waals surface area (Å²) < 4.78 is 0. The largest absolute Gasteiger partial charge is 0.480 e. The van der Waals surface area contributed by atoms with Gasteiger partial charge in [-0.05, 0) is 6.08 Å². The van der Waals surface area contributed by atoms with Gasteiger partial charge < -0.3 is 5.11 Å². The molecule has 10 heavy (non-hydrogen) atoms. The van der Waals surface area contributed by atoms with Crippen LogP contribution in [-0.4, -0.2) is 35.4 Å². The first-order chi connectivity index (χ1) is 4.79. The van der Waals surface area contributed by atoms with Gasteiger partial charge in [0.25, 0.3) is 0 Å². The number of rotatable bonds is 2. The average Bonchev–Trinajstić information content (AvgIpc) is 1.88. The van der Waals surface area contributed by atoms with E-state index in [9.17, 15) is 4.79 Å². The zero-order valence-corrected chi connectivity index (χ0v) is 5.40. The molecule has 0 spiro atoms. The van der Waals surface area contributed by atoms with Crippen molar-refractivity contribution in [3.05, 3.63) is 12.2 Å². The molecule has 0 radical (unpaired) electrons. The van der Waals surface area contributed by atoms with Crippen LogP contribution in [0, 0.1) is 0 Å². The molecule has 0 aliphatic carbocycles. The SMILES string of the molecule is O=C(O)CN1CC=CC=N1. The molecule has 1 aliphatic rings. The molecule has 4 heteroatoms. The first-order valence-corrected chi connectivity index (χ1v) is 2.95. The lowest BCUT2D eigenvalue weighted by Gasteiger charge is -2.15. The number of aliphatic carboxylic acids is 1. The molecule has 0 aromatic carbocycles. The third-order valence-electron chi connectivity index (χ3n) is 1.09. The van der Waals surface area contributed by atoms with Crippen LogP contribution in [0.3, 0.4) is 0 Å². The quantitative estimate of drug-likeness (QED) is 0.584. The van der Waals surface area contributed by atoms with Crippen LogP contribution in [0.2, 0.25) is 0 Å². The van der Waals surface area contributed by atoms with E-state index in [1.807, 2.05) is 6.08 Å². The van der Waals surface area contributed by atoms with Crippen LogP contribution in [0.15, 0.2) is 17.3 Å². The Hall–Kier alpha value is -1.32. The smallest absolute Gasteiger partial charge is 0.324 e. The van der Waals surface area contributed by atoms with E-state index in [0.717, 1.165) is 0 Å². The predicted octanol–water partition coefficient (Wildman–Crippen LogP) is -0.0714. The summed E-state index contributed by atoms with van der Waals surface area (Å²) in [6.07, 6.45) is 5.22. The predicted molar refractivity (Wildman–Crippen MR) is 36.8 cm³/mol. The van der Waals surface area contributed by atoms with Crippen molar-refractivity contribution >= 4 is 12.2 Å². The number of hydrogen-bond donors (Lipinski definition) is 1. The van der Waals surface area contributed by atoms with Crippen molar-refractivity contribution in [1.82, 2.24) is 5.01 Å². The van der Waals surface area contributed by atoms with Gasteiger partial charge in [-0.15, -0.1) is 0 Å². The third-order valence-corrected chi connectivity index (χ3v) is 1.09. The number of nitrogens with zero attached hydrogens (tertiary/aromatic N) is 2. The molecule has 1 N–H and O–H groups in total. The second kappa shape index (κ2) is 3.00. The molecule has 0 fully saturated rings. The minimum atomic E-state index is -0.854. The highest BCUT2D eigenvalue weighted by Gasteiger charge is 2.04. The molecule has 1 aliphatic heterocycles. The lowest BCUT2D eigenvalue weighted by atomic mass is 10.4. The summed E-state index contributed by atoms with van der Waals surface area (Å²) in [4.78, 5) is 10.1. The summed E-state index contributed by atoms with van der Waals surface area (Å²) >= 11 is 0. The zero-order chi connectivity index (χ0) is 7.40. The van der Waals surface area contributed by atoms with Crippen molar-refractivity contribution < 1.29 is 9.90 Å². The number of hydrogen-bond acceptors (Lipinski definition) is 3. The minimum absolute atomic E-state index is 0.0269. The van der Waals surface area contributed by atoms with Gasteiger partial charge in [0, 0.05) is 6.21 Å². The van der Waals surface area contributed by atoms with Gasteiger partial charge in [-0.25, -0.2) is 0 Å². The molecule has 0 unspecified atom stereocenters. The van der Waals surface area contributed by atoms with Crippen LogP contribution in [0.1, 0.15) is 0 Å². The summed E-state index contributed by atoms with van der Waals surface area (Å²) in [5.74, 6) is -0.854. The van der Waals surface area contributed by atoms with Crippen molar-refractivity contribution in [2.45, 2.75) is 0 Å². The van der Waals surface area contributed by atoms with E-state index in [1.54, 1.807) is 12.3 Å². The Morgan fingerprint density at radius 2 is 2.60 bits per heavy atom. The number of hydrazone groups is 1. The minimum Gasteiger partial charge on any atom is -0.480 e. The summed E-state index contributed by atoms with van der Waals surface area (Å²) in [6, 6.07) is 0. The fourth-order valence-corrected chi connectivity index (χ4v) is 0.685. The normalized spacial score (nSPS) is 15.8. The van der Waals surface area contributed by atoms with Gasteiger partial charge in [0.15, 0.2) is 0 Å². The van der Waals surface area contributed by atoms with Crippen LogP contribution in [-0.2, 0) is 4.79 Å². The molecular weight excluding hydrogens is 132 g/mol. The van der Waals surface area contributed by atoms with Crippen LogP contribution < -0.4 is 0 Å². The fraction of sp³-hybridized carbons (Fsp3) is 0.333. The molecule has 54 valence electrons. The molecule has 0 amide bonds. The monoisotopic (exact) mass is 140 g/mol. The second-order valence-corrected chi connectivity index (χ2v) is 1.93. The molecule has 1 rings (SSSR count). The van der Waals surface area contributed by atoms with Crippen molar-refractivity contribution in [3.8, 4) is 0 Å². The highest BCUT2D eigenvalue weighted by Crippen LogP contribution is 1.93. The second-order valence-electron chi connectivity index (χ2n) is 1.93. The van der Waals surface area contributed by atoms with Crippen molar-refractivity contribution in [2.24, 2.45) is 5.10 Å². The van der Waals surface area contributed by atoms with E-state index in [2.05, 4.69) is 5.10 Å². The number of carbonyl (C=O) groups is 1. The lowest BCUT2D eigenvalue weighted by molar-refractivity contribution is -0.138. The Labute approximate surface area is 58.4 Å². The highest BCUT2D eigenvalue weighted by atomic mass is 16.4. The first-order valence-electron chi connectivity index (χ1n) is 2.95. The van der Waals surface area contributed by atoms with Crippen LogP contribution in [0.25, 0.3) is 0 Å². The van der Waals surface area contributed by atoms with Crippen molar-refractivity contribution in [1.29, 1.82) is 0 Å². The molecular formula is C6H8N2O2. The number of carboxylic acids is 1. The van der Waals surface area contributed by atoms with E-state index in [1.165, 1.54) is 5.01 Å². The molecule has 1 heterocycles. The van der Waals surface area contributed by atoms with E-state index >= 15 is 0 Å². The Balaban J connectivity index is 2.37.